The molecule has 6 heteroatoms. The molecule has 0 saturated carbocycles. The number of nitrogens with two attached hydrogens (primary N) is 1. The van der Waals surface area contributed by atoms with E-state index < -0.39 is 11.7 Å². The van der Waals surface area contributed by atoms with Gasteiger partial charge in [-0.1, -0.05) is 30.3 Å². The van der Waals surface area contributed by atoms with Gasteiger partial charge in [-0.15, -0.1) is 0 Å². The second-order valence-corrected chi connectivity index (χ2v) is 8.10. The predicted molar refractivity (Wildman–Crippen MR) is 127 cm³/mol. The standard InChI is InChI=1S/C26H27N3O3/c1-26(2,3)32-25(30)29-17-23(20-13-15-28-16-14-20)24(27)21-9-11-22(12-10-21)31-18-19-7-5-4-6-8-19/h4-17H,18,27H2,1-3H3/b24-23+,29-17+. The molecular weight excluding hydrogens is 402 g/mol. The zero-order valence-corrected chi connectivity index (χ0v) is 18.5. The minimum absolute atomic E-state index is 0.470. The molecule has 0 aliphatic rings. The van der Waals surface area contributed by atoms with Crippen LogP contribution in [0.1, 0.15) is 37.5 Å². The van der Waals surface area contributed by atoms with Crippen molar-refractivity contribution in [3.63, 3.8) is 0 Å². The van der Waals surface area contributed by atoms with Crippen molar-refractivity contribution in [2.75, 3.05) is 0 Å². The van der Waals surface area contributed by atoms with Crippen molar-refractivity contribution in [3.05, 3.63) is 95.8 Å². The Morgan fingerprint density at radius 1 is 0.969 bits per heavy atom. The van der Waals surface area contributed by atoms with E-state index in [1.807, 2.05) is 54.6 Å². The molecule has 0 atom stereocenters. The van der Waals surface area contributed by atoms with Crippen LogP contribution in [-0.2, 0) is 11.3 Å². The zero-order valence-electron chi connectivity index (χ0n) is 18.5. The van der Waals surface area contributed by atoms with Gasteiger partial charge in [0.15, 0.2) is 0 Å². The van der Waals surface area contributed by atoms with Gasteiger partial charge in [-0.05, 0) is 73.9 Å². The summed E-state index contributed by atoms with van der Waals surface area (Å²) in [5, 5.41) is 0. The lowest BCUT2D eigenvalue weighted by Crippen LogP contribution is -2.22. The Morgan fingerprint density at radius 2 is 1.62 bits per heavy atom. The van der Waals surface area contributed by atoms with Crippen LogP contribution in [0.15, 0.2) is 84.1 Å². The van der Waals surface area contributed by atoms with E-state index in [-0.39, 0.29) is 0 Å². The van der Waals surface area contributed by atoms with E-state index in [1.54, 1.807) is 45.3 Å². The molecule has 1 amide bonds. The molecule has 3 aromatic rings. The number of hydrogen-bond donors (Lipinski definition) is 1. The average Bonchev–Trinajstić information content (AvgIpc) is 2.78. The third-order valence-corrected chi connectivity index (χ3v) is 4.39. The normalized spacial score (nSPS) is 12.3. The van der Waals surface area contributed by atoms with Crippen LogP contribution in [0.2, 0.25) is 0 Å². The molecule has 2 aromatic carbocycles. The van der Waals surface area contributed by atoms with Crippen molar-refractivity contribution < 1.29 is 14.3 Å². The minimum atomic E-state index is -0.679. The van der Waals surface area contributed by atoms with Gasteiger partial charge >= 0.3 is 6.09 Å². The third kappa shape index (κ3) is 6.80. The number of aromatic nitrogens is 1. The molecule has 0 radical (unpaired) electrons. The van der Waals surface area contributed by atoms with Crippen molar-refractivity contribution in [2.45, 2.75) is 33.0 Å². The summed E-state index contributed by atoms with van der Waals surface area (Å²) in [6, 6.07) is 21.0. The van der Waals surface area contributed by atoms with Crippen molar-refractivity contribution in [2.24, 2.45) is 10.7 Å². The number of pyridine rings is 1. The number of nitrogens with zero attached hydrogens (tertiary/aromatic N) is 2. The maximum atomic E-state index is 12.1. The molecule has 1 aromatic heterocycles. The lowest BCUT2D eigenvalue weighted by Gasteiger charge is -2.17. The lowest BCUT2D eigenvalue weighted by atomic mass is 10.0. The number of ether oxygens (including phenoxy) is 2. The Bertz CT molecular complexity index is 1080. The summed E-state index contributed by atoms with van der Waals surface area (Å²) >= 11 is 0. The van der Waals surface area contributed by atoms with Crippen LogP contribution < -0.4 is 10.5 Å². The zero-order chi connectivity index (χ0) is 23.0. The number of aliphatic imine (C=N–C) groups is 1. The van der Waals surface area contributed by atoms with E-state index >= 15 is 0 Å². The first-order chi connectivity index (χ1) is 15.3. The molecule has 6 nitrogen and oxygen atoms in total. The van der Waals surface area contributed by atoms with Crippen LogP contribution in [0.25, 0.3) is 11.3 Å². The average molecular weight is 430 g/mol. The van der Waals surface area contributed by atoms with Gasteiger partial charge in [0.2, 0.25) is 0 Å². The third-order valence-electron chi connectivity index (χ3n) is 4.39. The van der Waals surface area contributed by atoms with Gasteiger partial charge in [-0.2, -0.15) is 4.99 Å². The molecule has 0 aliphatic carbocycles. The molecule has 1 heterocycles. The van der Waals surface area contributed by atoms with E-state index in [9.17, 15) is 4.79 Å². The lowest BCUT2D eigenvalue weighted by molar-refractivity contribution is 0.0605. The van der Waals surface area contributed by atoms with Gasteiger partial charge in [0.25, 0.3) is 0 Å². The largest absolute Gasteiger partial charge is 0.489 e. The molecular formula is C26H27N3O3. The highest BCUT2D eigenvalue weighted by atomic mass is 16.6. The number of hydrogen-bond acceptors (Lipinski definition) is 5. The van der Waals surface area contributed by atoms with Gasteiger partial charge in [0.05, 0.1) is 0 Å². The van der Waals surface area contributed by atoms with E-state index in [2.05, 4.69) is 9.98 Å². The van der Waals surface area contributed by atoms with Gasteiger partial charge in [0.1, 0.15) is 18.0 Å². The van der Waals surface area contributed by atoms with E-state index in [0.29, 0.717) is 17.9 Å². The number of amides is 1. The highest BCUT2D eigenvalue weighted by Crippen LogP contribution is 2.24. The van der Waals surface area contributed by atoms with Crippen molar-refractivity contribution in [1.29, 1.82) is 0 Å². The smallest absolute Gasteiger partial charge is 0.434 e. The number of carbonyl (C=O) groups excluding carboxylic acids is 1. The fourth-order valence-corrected chi connectivity index (χ4v) is 2.86. The number of carbonyl (C=O) groups is 1. The number of benzene rings is 2. The summed E-state index contributed by atoms with van der Waals surface area (Å²) in [4.78, 5) is 20.1. The van der Waals surface area contributed by atoms with Gasteiger partial charge in [-0.25, -0.2) is 4.79 Å². The van der Waals surface area contributed by atoms with Crippen molar-refractivity contribution in [1.82, 2.24) is 4.98 Å². The quantitative estimate of drug-likeness (QED) is 0.523. The molecule has 164 valence electrons. The number of rotatable bonds is 6. The SMILES string of the molecule is CC(C)(C)OC(=O)/N=C/C(=C(\N)c1ccc(OCc2ccccc2)cc1)c1ccncc1. The van der Waals surface area contributed by atoms with Crippen LogP contribution >= 0.6 is 0 Å². The maximum Gasteiger partial charge on any atom is 0.434 e. The van der Waals surface area contributed by atoms with Crippen LogP contribution in [0.3, 0.4) is 0 Å². The predicted octanol–water partition coefficient (Wildman–Crippen LogP) is 5.49. The number of allylic oxidation sites excluding steroid dienone is 1. The van der Waals surface area contributed by atoms with E-state index in [1.165, 1.54) is 6.21 Å². The van der Waals surface area contributed by atoms with Crippen LogP contribution in [0.4, 0.5) is 4.79 Å². The first-order valence-corrected chi connectivity index (χ1v) is 10.3. The van der Waals surface area contributed by atoms with Gasteiger partial charge in [-0.3, -0.25) is 4.98 Å². The molecule has 32 heavy (non-hydrogen) atoms. The van der Waals surface area contributed by atoms with Crippen LogP contribution in [0.5, 0.6) is 5.75 Å². The van der Waals surface area contributed by atoms with E-state index in [4.69, 9.17) is 15.2 Å². The highest BCUT2D eigenvalue weighted by Gasteiger charge is 2.16. The summed E-state index contributed by atoms with van der Waals surface area (Å²) in [5.41, 5.74) is 9.57. The first kappa shape index (κ1) is 22.7. The van der Waals surface area contributed by atoms with Crippen molar-refractivity contribution >= 4 is 23.6 Å². The molecule has 0 unspecified atom stereocenters. The summed E-state index contributed by atoms with van der Waals surface area (Å²) in [6.07, 6.45) is 4.06. The van der Waals surface area contributed by atoms with Crippen LogP contribution in [-0.4, -0.2) is 22.9 Å². The minimum Gasteiger partial charge on any atom is -0.489 e. The molecule has 0 bridgehead atoms. The maximum absolute atomic E-state index is 12.1. The Kier molecular flexibility index (Phi) is 7.39. The van der Waals surface area contributed by atoms with Gasteiger partial charge in [0, 0.05) is 29.9 Å². The molecule has 2 N–H and O–H groups in total. The monoisotopic (exact) mass is 429 g/mol. The molecule has 0 fully saturated rings. The summed E-state index contributed by atoms with van der Waals surface area (Å²) in [6.45, 7) is 5.85. The van der Waals surface area contributed by atoms with E-state index in [0.717, 1.165) is 22.4 Å². The summed E-state index contributed by atoms with van der Waals surface area (Å²) < 4.78 is 11.1. The Labute approximate surface area is 188 Å². The molecule has 0 saturated heterocycles. The molecule has 0 spiro atoms. The first-order valence-electron chi connectivity index (χ1n) is 10.3. The fourth-order valence-electron chi connectivity index (χ4n) is 2.86. The summed E-state index contributed by atoms with van der Waals surface area (Å²) in [5.74, 6) is 0.735. The Balaban J connectivity index is 1.83. The molecule has 0 aliphatic heterocycles. The summed E-state index contributed by atoms with van der Waals surface area (Å²) in [7, 11) is 0. The van der Waals surface area contributed by atoms with Crippen molar-refractivity contribution in [3.8, 4) is 5.75 Å². The Hall–Kier alpha value is -3.93. The topological polar surface area (TPSA) is 86.8 Å². The second-order valence-electron chi connectivity index (χ2n) is 8.10. The highest BCUT2D eigenvalue weighted by molar-refractivity contribution is 6.20. The fraction of sp³-hybridized carbons (Fsp3) is 0.192. The van der Waals surface area contributed by atoms with Crippen LogP contribution in [0, 0.1) is 0 Å². The molecule has 3 rings (SSSR count). The van der Waals surface area contributed by atoms with Gasteiger partial charge < -0.3 is 15.2 Å². The Morgan fingerprint density at radius 3 is 2.25 bits per heavy atom. The second kappa shape index (κ2) is 10.4.